The van der Waals surface area contributed by atoms with Gasteiger partial charge in [0.05, 0.1) is 39.1 Å². The van der Waals surface area contributed by atoms with Crippen LogP contribution in [0.15, 0.2) is 121 Å². The van der Waals surface area contributed by atoms with Crippen molar-refractivity contribution in [3.8, 4) is 0 Å². The summed E-state index contributed by atoms with van der Waals surface area (Å²) in [6, 6.07) is 41.0. The fourth-order valence-corrected chi connectivity index (χ4v) is 5.54. The van der Waals surface area contributed by atoms with Crippen molar-refractivity contribution in [1.29, 1.82) is 0 Å². The van der Waals surface area contributed by atoms with E-state index in [4.69, 9.17) is 23.7 Å². The summed E-state index contributed by atoms with van der Waals surface area (Å²) in [6.07, 6.45) is -0.748. The number of hydrogen-bond acceptors (Lipinski definition) is 5. The summed E-state index contributed by atoms with van der Waals surface area (Å²) >= 11 is 0. The third kappa shape index (κ3) is 9.59. The van der Waals surface area contributed by atoms with Gasteiger partial charge >= 0.3 is 0 Å². The van der Waals surface area contributed by atoms with Crippen LogP contribution in [0.25, 0.3) is 0 Å². The highest BCUT2D eigenvalue weighted by molar-refractivity contribution is 5.16. The molecular formula is C38H44O5. The Morgan fingerprint density at radius 2 is 0.860 bits per heavy atom. The average Bonchev–Trinajstić information content (AvgIpc) is 3.04. The molecule has 1 aliphatic heterocycles. The summed E-state index contributed by atoms with van der Waals surface area (Å²) in [7, 11) is 0. The van der Waals surface area contributed by atoms with Gasteiger partial charge in [0.25, 0.3) is 0 Å². The topological polar surface area (TPSA) is 46.2 Å². The smallest absolute Gasteiger partial charge is 0.115 e. The van der Waals surface area contributed by atoms with Gasteiger partial charge in [0.15, 0.2) is 0 Å². The van der Waals surface area contributed by atoms with Crippen molar-refractivity contribution in [3.05, 3.63) is 144 Å². The fraction of sp³-hybridized carbons (Fsp3) is 0.368. The molecule has 0 N–H and O–H groups in total. The molecular weight excluding hydrogens is 536 g/mol. The minimum Gasteiger partial charge on any atom is -0.374 e. The molecule has 43 heavy (non-hydrogen) atoms. The van der Waals surface area contributed by atoms with Crippen LogP contribution in [-0.2, 0) is 50.1 Å². The van der Waals surface area contributed by atoms with Crippen molar-refractivity contribution in [2.24, 2.45) is 5.92 Å². The molecule has 4 aromatic carbocycles. The Hall–Kier alpha value is -3.32. The van der Waals surface area contributed by atoms with E-state index < -0.39 is 6.10 Å². The molecule has 1 aliphatic rings. The van der Waals surface area contributed by atoms with E-state index in [9.17, 15) is 0 Å². The Bertz CT molecular complexity index is 1300. The second kappa shape index (κ2) is 16.5. The van der Waals surface area contributed by atoms with E-state index in [0.29, 0.717) is 39.0 Å². The van der Waals surface area contributed by atoms with Crippen LogP contribution in [0.2, 0.25) is 0 Å². The molecule has 0 radical (unpaired) electrons. The Kier molecular flexibility index (Phi) is 11.9. The summed E-state index contributed by atoms with van der Waals surface area (Å²) in [6.45, 7) is 6.69. The first kappa shape index (κ1) is 31.1. The molecule has 1 saturated heterocycles. The molecule has 5 rings (SSSR count). The zero-order chi connectivity index (χ0) is 29.7. The maximum atomic E-state index is 6.86. The highest BCUT2D eigenvalue weighted by Gasteiger charge is 2.48. The molecule has 5 atom stereocenters. The maximum absolute atomic E-state index is 6.86. The SMILES string of the molecule is CC(C)C[C@@H]1O[C@H](COCc2ccccc2)[C@@H](OCc2ccccc2)[C@H](OCc2ccccc2)[C@H]1OCc1ccccc1. The molecule has 0 aromatic heterocycles. The van der Waals surface area contributed by atoms with Crippen molar-refractivity contribution in [2.45, 2.75) is 77.2 Å². The third-order valence-corrected chi connectivity index (χ3v) is 7.68. The number of hydrogen-bond donors (Lipinski definition) is 0. The lowest BCUT2D eigenvalue weighted by atomic mass is 9.89. The second-order valence-corrected chi connectivity index (χ2v) is 11.6. The Labute approximate surface area is 256 Å². The lowest BCUT2D eigenvalue weighted by molar-refractivity contribution is -0.274. The van der Waals surface area contributed by atoms with E-state index in [1.54, 1.807) is 0 Å². The van der Waals surface area contributed by atoms with Gasteiger partial charge in [-0.15, -0.1) is 0 Å². The molecule has 0 saturated carbocycles. The quantitative estimate of drug-likeness (QED) is 0.144. The lowest BCUT2D eigenvalue weighted by Gasteiger charge is -2.47. The predicted octanol–water partition coefficient (Wildman–Crippen LogP) is 7.77. The molecule has 0 bridgehead atoms. The maximum Gasteiger partial charge on any atom is 0.115 e. The van der Waals surface area contributed by atoms with Crippen LogP contribution in [0, 0.1) is 5.92 Å². The van der Waals surface area contributed by atoms with Gasteiger partial charge in [-0.1, -0.05) is 135 Å². The van der Waals surface area contributed by atoms with Crippen molar-refractivity contribution < 1.29 is 23.7 Å². The molecule has 5 nitrogen and oxygen atoms in total. The first-order chi connectivity index (χ1) is 21.2. The van der Waals surface area contributed by atoms with Crippen LogP contribution in [-0.4, -0.2) is 37.1 Å². The van der Waals surface area contributed by atoms with E-state index >= 15 is 0 Å². The van der Waals surface area contributed by atoms with E-state index in [1.807, 2.05) is 72.8 Å². The van der Waals surface area contributed by atoms with Gasteiger partial charge in [-0.3, -0.25) is 0 Å². The van der Waals surface area contributed by atoms with Gasteiger partial charge in [0.2, 0.25) is 0 Å². The summed E-state index contributed by atoms with van der Waals surface area (Å²) in [5, 5.41) is 0. The van der Waals surface area contributed by atoms with E-state index in [0.717, 1.165) is 28.7 Å². The Balaban J connectivity index is 1.42. The van der Waals surface area contributed by atoms with Crippen LogP contribution < -0.4 is 0 Å². The fourth-order valence-electron chi connectivity index (χ4n) is 5.54. The minimum atomic E-state index is -0.399. The average molecular weight is 581 g/mol. The number of ether oxygens (including phenoxy) is 5. The van der Waals surface area contributed by atoms with Crippen LogP contribution in [0.3, 0.4) is 0 Å². The molecule has 1 fully saturated rings. The van der Waals surface area contributed by atoms with Gasteiger partial charge in [0.1, 0.15) is 24.4 Å². The van der Waals surface area contributed by atoms with Crippen LogP contribution >= 0.6 is 0 Å². The van der Waals surface area contributed by atoms with Gasteiger partial charge in [-0.25, -0.2) is 0 Å². The first-order valence-electron chi connectivity index (χ1n) is 15.4. The molecule has 5 heteroatoms. The largest absolute Gasteiger partial charge is 0.374 e. The lowest BCUT2D eigenvalue weighted by Crippen LogP contribution is -2.61. The summed E-state index contributed by atoms with van der Waals surface area (Å²) in [4.78, 5) is 0. The van der Waals surface area contributed by atoms with Crippen LogP contribution in [0.5, 0.6) is 0 Å². The van der Waals surface area contributed by atoms with Gasteiger partial charge < -0.3 is 23.7 Å². The highest BCUT2D eigenvalue weighted by Crippen LogP contribution is 2.33. The number of rotatable bonds is 15. The van der Waals surface area contributed by atoms with Gasteiger partial charge in [-0.2, -0.15) is 0 Å². The Morgan fingerprint density at radius 1 is 0.488 bits per heavy atom. The summed E-state index contributed by atoms with van der Waals surface area (Å²) < 4.78 is 33.4. The van der Waals surface area contributed by atoms with Crippen molar-refractivity contribution in [2.75, 3.05) is 6.61 Å². The molecule has 4 aromatic rings. The molecule has 226 valence electrons. The second-order valence-electron chi connectivity index (χ2n) is 11.6. The van der Waals surface area contributed by atoms with Crippen LogP contribution in [0.4, 0.5) is 0 Å². The standard InChI is InChI=1S/C38H44O5/c1-29(2)23-34-36(40-25-31-17-9-4-10-18-31)38(42-27-33-21-13-6-14-22-33)37(41-26-32-19-11-5-12-20-32)35(43-34)28-39-24-30-15-7-3-8-16-30/h3-22,29,34-38H,23-28H2,1-2H3/t34-,35+,36-,37+,38+/m0/s1. The highest BCUT2D eigenvalue weighted by atomic mass is 16.6. The van der Waals surface area contributed by atoms with E-state index in [-0.39, 0.29) is 24.4 Å². The molecule has 0 spiro atoms. The number of benzene rings is 4. The van der Waals surface area contributed by atoms with Gasteiger partial charge in [0, 0.05) is 0 Å². The van der Waals surface area contributed by atoms with Crippen LogP contribution in [0.1, 0.15) is 42.5 Å². The third-order valence-electron chi connectivity index (χ3n) is 7.68. The minimum absolute atomic E-state index is 0.175. The summed E-state index contributed by atoms with van der Waals surface area (Å²) in [5.74, 6) is 0.412. The first-order valence-corrected chi connectivity index (χ1v) is 15.4. The molecule has 0 unspecified atom stereocenters. The van der Waals surface area contributed by atoms with Crippen molar-refractivity contribution in [3.63, 3.8) is 0 Å². The summed E-state index contributed by atoms with van der Waals surface area (Å²) in [5.41, 5.74) is 4.44. The Morgan fingerprint density at radius 3 is 1.28 bits per heavy atom. The predicted molar refractivity (Wildman–Crippen MR) is 169 cm³/mol. The van der Waals surface area contributed by atoms with Crippen molar-refractivity contribution in [1.82, 2.24) is 0 Å². The zero-order valence-electron chi connectivity index (χ0n) is 25.3. The molecule has 0 aliphatic carbocycles. The molecule has 0 amide bonds. The van der Waals surface area contributed by atoms with E-state index in [2.05, 4.69) is 62.4 Å². The molecule has 1 heterocycles. The van der Waals surface area contributed by atoms with E-state index in [1.165, 1.54) is 0 Å². The zero-order valence-corrected chi connectivity index (χ0v) is 25.3. The van der Waals surface area contributed by atoms with Crippen molar-refractivity contribution >= 4 is 0 Å². The monoisotopic (exact) mass is 580 g/mol. The normalized spacial score (nSPS) is 22.1. The van der Waals surface area contributed by atoms with Gasteiger partial charge in [-0.05, 0) is 34.6 Å².